The molecule has 0 bridgehead atoms. The van der Waals surface area contributed by atoms with E-state index in [1.165, 1.54) is 11.8 Å². The van der Waals surface area contributed by atoms with Gasteiger partial charge < -0.3 is 5.43 Å². The van der Waals surface area contributed by atoms with Crippen LogP contribution in [0.5, 0.6) is 0 Å². The second-order valence-electron chi connectivity index (χ2n) is 4.52. The average molecular weight is 278 g/mol. The molecule has 1 heterocycles. The SMILES string of the molecule is Cc1cc(C)nc(SCC(=O)NNC2=CCCC2)n1. The van der Waals surface area contributed by atoms with E-state index in [9.17, 15) is 4.79 Å². The van der Waals surface area contributed by atoms with Gasteiger partial charge in [0.2, 0.25) is 5.91 Å². The molecule has 0 aromatic carbocycles. The van der Waals surface area contributed by atoms with Gasteiger partial charge >= 0.3 is 0 Å². The first-order chi connectivity index (χ1) is 9.13. The predicted molar refractivity (Wildman–Crippen MR) is 75.4 cm³/mol. The summed E-state index contributed by atoms with van der Waals surface area (Å²) in [5.74, 6) is 0.240. The highest BCUT2D eigenvalue weighted by Gasteiger charge is 2.08. The number of thioether (sulfide) groups is 1. The maximum atomic E-state index is 11.7. The monoisotopic (exact) mass is 278 g/mol. The summed E-state index contributed by atoms with van der Waals surface area (Å²) < 4.78 is 0. The first kappa shape index (κ1) is 13.9. The molecule has 0 unspecified atom stereocenters. The van der Waals surface area contributed by atoms with Gasteiger partial charge in [0.1, 0.15) is 0 Å². The number of hydrogen-bond acceptors (Lipinski definition) is 5. The largest absolute Gasteiger partial charge is 0.303 e. The molecular weight excluding hydrogens is 260 g/mol. The van der Waals surface area contributed by atoms with Crippen molar-refractivity contribution in [2.75, 3.05) is 5.75 Å². The average Bonchev–Trinajstić information content (AvgIpc) is 2.86. The Bertz CT molecular complexity index is 481. The lowest BCUT2D eigenvalue weighted by Gasteiger charge is -2.08. The van der Waals surface area contributed by atoms with Crippen LogP contribution in [0, 0.1) is 13.8 Å². The Morgan fingerprint density at radius 2 is 2.11 bits per heavy atom. The Morgan fingerprint density at radius 1 is 1.37 bits per heavy atom. The van der Waals surface area contributed by atoms with E-state index in [1.54, 1.807) is 0 Å². The molecule has 2 N–H and O–H groups in total. The molecule has 102 valence electrons. The summed E-state index contributed by atoms with van der Waals surface area (Å²) in [7, 11) is 0. The van der Waals surface area contributed by atoms with Gasteiger partial charge in [0.15, 0.2) is 5.16 Å². The Labute approximate surface area is 117 Å². The van der Waals surface area contributed by atoms with E-state index < -0.39 is 0 Å². The van der Waals surface area contributed by atoms with Crippen LogP contribution in [0.3, 0.4) is 0 Å². The lowest BCUT2D eigenvalue weighted by Crippen LogP contribution is -2.37. The van der Waals surface area contributed by atoms with Gasteiger partial charge in [-0.1, -0.05) is 17.8 Å². The minimum absolute atomic E-state index is 0.0689. The topological polar surface area (TPSA) is 66.9 Å². The van der Waals surface area contributed by atoms with Crippen LogP contribution >= 0.6 is 11.8 Å². The quantitative estimate of drug-likeness (QED) is 0.489. The van der Waals surface area contributed by atoms with Crippen molar-refractivity contribution in [2.45, 2.75) is 38.3 Å². The maximum absolute atomic E-state index is 11.7. The normalized spacial score (nSPS) is 14.1. The number of rotatable bonds is 5. The number of hydrogen-bond donors (Lipinski definition) is 2. The van der Waals surface area contributed by atoms with Gasteiger partial charge in [-0.15, -0.1) is 0 Å². The zero-order chi connectivity index (χ0) is 13.7. The van der Waals surface area contributed by atoms with Gasteiger partial charge in [0.25, 0.3) is 0 Å². The Hall–Kier alpha value is -1.56. The number of nitrogens with zero attached hydrogens (tertiary/aromatic N) is 2. The zero-order valence-electron chi connectivity index (χ0n) is 11.2. The molecule has 0 radical (unpaired) electrons. The number of carbonyl (C=O) groups is 1. The number of carbonyl (C=O) groups excluding carboxylic acids is 1. The van der Waals surface area contributed by atoms with Crippen molar-refractivity contribution < 1.29 is 4.79 Å². The summed E-state index contributed by atoms with van der Waals surface area (Å²) in [6, 6.07) is 1.91. The van der Waals surface area contributed by atoms with Crippen molar-refractivity contribution in [3.63, 3.8) is 0 Å². The maximum Gasteiger partial charge on any atom is 0.248 e. The van der Waals surface area contributed by atoms with Crippen LogP contribution in [0.1, 0.15) is 30.7 Å². The minimum Gasteiger partial charge on any atom is -0.303 e. The van der Waals surface area contributed by atoms with Crippen molar-refractivity contribution in [1.29, 1.82) is 0 Å². The van der Waals surface area contributed by atoms with Crippen LogP contribution in [0.15, 0.2) is 23.0 Å². The zero-order valence-corrected chi connectivity index (χ0v) is 12.0. The van der Waals surface area contributed by atoms with Crippen LogP contribution in [-0.4, -0.2) is 21.6 Å². The summed E-state index contributed by atoms with van der Waals surface area (Å²) in [4.78, 5) is 20.2. The molecule has 2 rings (SSSR count). The van der Waals surface area contributed by atoms with E-state index in [-0.39, 0.29) is 5.91 Å². The molecule has 1 aliphatic rings. The molecule has 1 aromatic rings. The fourth-order valence-corrected chi connectivity index (χ4v) is 2.61. The molecule has 6 heteroatoms. The van der Waals surface area contributed by atoms with Crippen LogP contribution in [0.25, 0.3) is 0 Å². The van der Waals surface area contributed by atoms with Gasteiger partial charge in [0, 0.05) is 17.1 Å². The minimum atomic E-state index is -0.0689. The fourth-order valence-electron chi connectivity index (χ4n) is 1.86. The molecule has 0 saturated carbocycles. The Kier molecular flexibility index (Phi) is 4.79. The Morgan fingerprint density at radius 3 is 2.74 bits per heavy atom. The molecule has 1 amide bonds. The third-order valence-electron chi connectivity index (χ3n) is 2.70. The fraction of sp³-hybridized carbons (Fsp3) is 0.462. The number of allylic oxidation sites excluding steroid dienone is 2. The summed E-state index contributed by atoms with van der Waals surface area (Å²) >= 11 is 1.35. The first-order valence-corrected chi connectivity index (χ1v) is 7.31. The highest BCUT2D eigenvalue weighted by atomic mass is 32.2. The van der Waals surface area contributed by atoms with Crippen LogP contribution < -0.4 is 10.9 Å². The van der Waals surface area contributed by atoms with Crippen LogP contribution in [0.4, 0.5) is 0 Å². The number of aromatic nitrogens is 2. The number of amides is 1. The molecule has 5 nitrogen and oxygen atoms in total. The van der Waals surface area contributed by atoms with Gasteiger partial charge in [-0.25, -0.2) is 9.97 Å². The number of nitrogens with one attached hydrogen (secondary N) is 2. The Balaban J connectivity index is 1.76. The van der Waals surface area contributed by atoms with Crippen LogP contribution in [0.2, 0.25) is 0 Å². The van der Waals surface area contributed by atoms with E-state index in [0.717, 1.165) is 36.3 Å². The van der Waals surface area contributed by atoms with E-state index in [0.29, 0.717) is 10.9 Å². The highest BCUT2D eigenvalue weighted by Crippen LogP contribution is 2.15. The van der Waals surface area contributed by atoms with Gasteiger partial charge in [-0.05, 0) is 39.2 Å². The lowest BCUT2D eigenvalue weighted by molar-refractivity contribution is -0.119. The molecule has 0 aliphatic heterocycles. The molecular formula is C13H18N4OS. The number of hydrazine groups is 1. The van der Waals surface area contributed by atoms with Gasteiger partial charge in [0.05, 0.1) is 5.75 Å². The van der Waals surface area contributed by atoms with Crippen molar-refractivity contribution in [3.8, 4) is 0 Å². The molecule has 0 fully saturated rings. The number of aryl methyl sites for hydroxylation is 2. The van der Waals surface area contributed by atoms with Crippen molar-refractivity contribution in [1.82, 2.24) is 20.8 Å². The lowest BCUT2D eigenvalue weighted by atomic mass is 10.3. The van der Waals surface area contributed by atoms with E-state index in [2.05, 4.69) is 26.9 Å². The first-order valence-electron chi connectivity index (χ1n) is 6.32. The van der Waals surface area contributed by atoms with E-state index in [4.69, 9.17) is 0 Å². The molecule has 1 aliphatic carbocycles. The predicted octanol–water partition coefficient (Wildman–Crippen LogP) is 1.87. The molecule has 0 spiro atoms. The van der Waals surface area contributed by atoms with Crippen molar-refractivity contribution >= 4 is 17.7 Å². The molecule has 19 heavy (non-hydrogen) atoms. The molecule has 0 atom stereocenters. The smallest absolute Gasteiger partial charge is 0.248 e. The van der Waals surface area contributed by atoms with Gasteiger partial charge in [-0.3, -0.25) is 10.2 Å². The third kappa shape index (κ3) is 4.55. The van der Waals surface area contributed by atoms with E-state index >= 15 is 0 Å². The van der Waals surface area contributed by atoms with Gasteiger partial charge in [-0.2, -0.15) is 0 Å². The second kappa shape index (κ2) is 6.56. The third-order valence-corrected chi connectivity index (χ3v) is 3.54. The van der Waals surface area contributed by atoms with Crippen molar-refractivity contribution in [2.24, 2.45) is 0 Å². The standard InChI is InChI=1S/C13H18N4OS/c1-9-7-10(2)15-13(14-9)19-8-12(18)17-16-11-5-3-4-6-11/h5,7,16H,3-4,6,8H2,1-2H3,(H,17,18). The molecule has 1 aromatic heterocycles. The summed E-state index contributed by atoms with van der Waals surface area (Å²) in [5, 5.41) is 0.646. The van der Waals surface area contributed by atoms with Crippen LogP contribution in [-0.2, 0) is 4.79 Å². The summed E-state index contributed by atoms with van der Waals surface area (Å²) in [6.45, 7) is 3.85. The van der Waals surface area contributed by atoms with E-state index in [1.807, 2.05) is 19.9 Å². The summed E-state index contributed by atoms with van der Waals surface area (Å²) in [5.41, 5.74) is 8.58. The second-order valence-corrected chi connectivity index (χ2v) is 5.46. The summed E-state index contributed by atoms with van der Waals surface area (Å²) in [6.07, 6.45) is 5.36. The highest BCUT2D eigenvalue weighted by molar-refractivity contribution is 7.99. The van der Waals surface area contributed by atoms with Crippen molar-refractivity contribution in [3.05, 3.63) is 29.2 Å². The molecule has 0 saturated heterocycles.